The fourth-order valence-electron chi connectivity index (χ4n) is 1.91. The Bertz CT molecular complexity index is 688. The molecule has 21 heavy (non-hydrogen) atoms. The van der Waals surface area contributed by atoms with Crippen LogP contribution in [0.5, 0.6) is 11.6 Å². The van der Waals surface area contributed by atoms with E-state index in [-0.39, 0.29) is 17.3 Å². The van der Waals surface area contributed by atoms with Crippen LogP contribution < -0.4 is 4.74 Å². The Kier molecular flexibility index (Phi) is 4.56. The van der Waals surface area contributed by atoms with Crippen LogP contribution in [0.15, 0.2) is 22.7 Å². The summed E-state index contributed by atoms with van der Waals surface area (Å²) in [4.78, 5) is 10.7. The van der Waals surface area contributed by atoms with E-state index in [9.17, 15) is 14.5 Å². The number of ether oxygens (including phenoxy) is 1. The Morgan fingerprint density at radius 1 is 1.52 bits per heavy atom. The molecule has 0 atom stereocenters. The van der Waals surface area contributed by atoms with Gasteiger partial charge in [0.2, 0.25) is 0 Å². The molecular formula is C13H13BrFN3O3. The summed E-state index contributed by atoms with van der Waals surface area (Å²) in [6, 6.07) is 4.14. The monoisotopic (exact) mass is 357 g/mol. The van der Waals surface area contributed by atoms with Gasteiger partial charge in [0.25, 0.3) is 5.88 Å². The number of nitrogens with zero attached hydrogens (tertiary/aromatic N) is 3. The van der Waals surface area contributed by atoms with Crippen molar-refractivity contribution in [2.75, 3.05) is 0 Å². The number of aryl methyl sites for hydroxylation is 2. The molecule has 1 aromatic heterocycles. The largest absolute Gasteiger partial charge is 0.431 e. The van der Waals surface area contributed by atoms with Gasteiger partial charge in [0.05, 0.1) is 4.92 Å². The highest BCUT2D eigenvalue weighted by Gasteiger charge is 2.28. The van der Waals surface area contributed by atoms with Crippen LogP contribution in [0.4, 0.5) is 10.1 Å². The SMILES string of the molecule is CCCc1nn(C)c(Oc2cc(Br)ccc2F)c1[N+](=O)[O-]. The fraction of sp³-hybridized carbons (Fsp3) is 0.308. The lowest BCUT2D eigenvalue weighted by atomic mass is 10.2. The van der Waals surface area contributed by atoms with Crippen LogP contribution in [-0.4, -0.2) is 14.7 Å². The number of halogens is 2. The summed E-state index contributed by atoms with van der Waals surface area (Å²) in [5, 5.41) is 15.3. The topological polar surface area (TPSA) is 70.2 Å². The second-order valence-electron chi connectivity index (χ2n) is 4.41. The molecule has 0 amide bonds. The van der Waals surface area contributed by atoms with Gasteiger partial charge in [-0.2, -0.15) is 5.10 Å². The summed E-state index contributed by atoms with van der Waals surface area (Å²) >= 11 is 3.20. The van der Waals surface area contributed by atoms with Crippen molar-refractivity contribution >= 4 is 21.6 Å². The summed E-state index contributed by atoms with van der Waals surface area (Å²) in [6.45, 7) is 1.90. The Morgan fingerprint density at radius 3 is 2.86 bits per heavy atom. The number of rotatable bonds is 5. The summed E-state index contributed by atoms with van der Waals surface area (Å²) in [5.74, 6) is -0.787. The van der Waals surface area contributed by atoms with E-state index in [0.717, 1.165) is 0 Å². The molecular weight excluding hydrogens is 345 g/mol. The number of benzene rings is 1. The van der Waals surface area contributed by atoms with Gasteiger partial charge in [-0.3, -0.25) is 10.1 Å². The molecule has 0 fully saturated rings. The van der Waals surface area contributed by atoms with Crippen molar-refractivity contribution in [3.8, 4) is 11.6 Å². The number of hydrogen-bond acceptors (Lipinski definition) is 4. The normalized spacial score (nSPS) is 10.7. The van der Waals surface area contributed by atoms with Crippen LogP contribution in [0.25, 0.3) is 0 Å². The molecule has 1 heterocycles. The molecule has 0 radical (unpaired) electrons. The van der Waals surface area contributed by atoms with Gasteiger partial charge in [-0.15, -0.1) is 0 Å². The second kappa shape index (κ2) is 6.21. The minimum atomic E-state index is -0.606. The molecule has 0 aliphatic carbocycles. The summed E-state index contributed by atoms with van der Waals surface area (Å²) in [5.41, 5.74) is 0.106. The Labute approximate surface area is 128 Å². The molecule has 1 aromatic carbocycles. The molecule has 8 heteroatoms. The van der Waals surface area contributed by atoms with Crippen LogP contribution in [-0.2, 0) is 13.5 Å². The standard InChI is InChI=1S/C13H13BrFN3O3/c1-3-4-10-12(18(19)20)13(17(2)16-10)21-11-7-8(14)5-6-9(11)15/h5-7H,3-4H2,1-2H3. The molecule has 0 saturated heterocycles. The highest BCUT2D eigenvalue weighted by Crippen LogP contribution is 2.36. The molecule has 0 N–H and O–H groups in total. The smallest absolute Gasteiger partial charge is 0.353 e. The van der Waals surface area contributed by atoms with Crippen molar-refractivity contribution in [2.45, 2.75) is 19.8 Å². The van der Waals surface area contributed by atoms with Gasteiger partial charge >= 0.3 is 5.69 Å². The molecule has 0 aliphatic rings. The maximum atomic E-state index is 13.7. The number of hydrogen-bond donors (Lipinski definition) is 0. The third-order valence-corrected chi connectivity index (χ3v) is 3.30. The number of aromatic nitrogens is 2. The van der Waals surface area contributed by atoms with E-state index < -0.39 is 10.7 Å². The first-order valence-electron chi connectivity index (χ1n) is 6.27. The van der Waals surface area contributed by atoms with Crippen molar-refractivity contribution in [2.24, 2.45) is 7.05 Å². The fourth-order valence-corrected chi connectivity index (χ4v) is 2.25. The molecule has 0 saturated carbocycles. The van der Waals surface area contributed by atoms with E-state index in [1.54, 1.807) is 0 Å². The van der Waals surface area contributed by atoms with E-state index in [0.29, 0.717) is 23.0 Å². The Morgan fingerprint density at radius 2 is 2.24 bits per heavy atom. The number of nitro groups is 1. The van der Waals surface area contributed by atoms with Crippen molar-refractivity contribution in [1.82, 2.24) is 9.78 Å². The van der Waals surface area contributed by atoms with Crippen molar-refractivity contribution in [3.05, 3.63) is 44.3 Å². The molecule has 2 aromatic rings. The van der Waals surface area contributed by atoms with Crippen LogP contribution in [0.2, 0.25) is 0 Å². The zero-order valence-corrected chi connectivity index (χ0v) is 13.1. The second-order valence-corrected chi connectivity index (χ2v) is 5.32. The predicted octanol–water partition coefficient (Wildman–Crippen LogP) is 3.97. The van der Waals surface area contributed by atoms with Gasteiger partial charge in [0.15, 0.2) is 11.6 Å². The molecule has 0 spiro atoms. The maximum absolute atomic E-state index is 13.7. The van der Waals surface area contributed by atoms with Gasteiger partial charge in [-0.05, 0) is 24.6 Å². The van der Waals surface area contributed by atoms with Gasteiger partial charge in [0, 0.05) is 11.5 Å². The third kappa shape index (κ3) is 3.21. The quantitative estimate of drug-likeness (QED) is 0.599. The molecule has 2 rings (SSSR count). The summed E-state index contributed by atoms with van der Waals surface area (Å²) in [6.07, 6.45) is 1.16. The maximum Gasteiger partial charge on any atom is 0.353 e. The average molecular weight is 358 g/mol. The van der Waals surface area contributed by atoms with E-state index in [1.807, 2.05) is 6.92 Å². The zero-order valence-electron chi connectivity index (χ0n) is 11.5. The van der Waals surface area contributed by atoms with E-state index in [2.05, 4.69) is 21.0 Å². The first-order valence-corrected chi connectivity index (χ1v) is 7.06. The first-order chi connectivity index (χ1) is 9.93. The van der Waals surface area contributed by atoms with Crippen LogP contribution in [0.3, 0.4) is 0 Å². The Balaban J connectivity index is 2.48. The van der Waals surface area contributed by atoms with Gasteiger partial charge in [0.1, 0.15) is 5.69 Å². The van der Waals surface area contributed by atoms with E-state index in [1.165, 1.54) is 29.9 Å². The minimum Gasteiger partial charge on any atom is -0.431 e. The molecule has 112 valence electrons. The molecule has 0 aliphatic heterocycles. The van der Waals surface area contributed by atoms with Crippen molar-refractivity contribution in [1.29, 1.82) is 0 Å². The first kappa shape index (κ1) is 15.4. The minimum absolute atomic E-state index is 0.0829. The summed E-state index contributed by atoms with van der Waals surface area (Å²) in [7, 11) is 1.53. The Hall–Kier alpha value is -1.96. The average Bonchev–Trinajstić information content (AvgIpc) is 2.71. The summed E-state index contributed by atoms with van der Waals surface area (Å²) < 4.78 is 21.0. The van der Waals surface area contributed by atoms with Crippen LogP contribution in [0.1, 0.15) is 19.0 Å². The van der Waals surface area contributed by atoms with Crippen molar-refractivity contribution in [3.63, 3.8) is 0 Å². The van der Waals surface area contributed by atoms with E-state index >= 15 is 0 Å². The predicted molar refractivity (Wildman–Crippen MR) is 78.0 cm³/mol. The molecule has 6 nitrogen and oxygen atoms in total. The van der Waals surface area contributed by atoms with Crippen LogP contribution >= 0.6 is 15.9 Å². The zero-order chi connectivity index (χ0) is 15.6. The van der Waals surface area contributed by atoms with Gasteiger partial charge in [-0.25, -0.2) is 9.07 Å². The third-order valence-electron chi connectivity index (χ3n) is 2.81. The lowest BCUT2D eigenvalue weighted by Crippen LogP contribution is -1.99. The van der Waals surface area contributed by atoms with Gasteiger partial charge < -0.3 is 4.74 Å². The van der Waals surface area contributed by atoms with Crippen LogP contribution in [0, 0.1) is 15.9 Å². The highest BCUT2D eigenvalue weighted by molar-refractivity contribution is 9.10. The van der Waals surface area contributed by atoms with E-state index in [4.69, 9.17) is 4.74 Å². The highest BCUT2D eigenvalue weighted by atomic mass is 79.9. The molecule has 0 unspecified atom stereocenters. The lowest BCUT2D eigenvalue weighted by Gasteiger charge is -2.06. The lowest BCUT2D eigenvalue weighted by molar-refractivity contribution is -0.386. The molecule has 0 bridgehead atoms. The van der Waals surface area contributed by atoms with Gasteiger partial charge in [-0.1, -0.05) is 29.3 Å². The van der Waals surface area contributed by atoms with Crippen molar-refractivity contribution < 1.29 is 14.1 Å².